The summed E-state index contributed by atoms with van der Waals surface area (Å²) in [6, 6.07) is 0. The first-order valence-corrected chi connectivity index (χ1v) is 7.61. The van der Waals surface area contributed by atoms with Crippen molar-refractivity contribution in [3.05, 3.63) is 11.4 Å². The van der Waals surface area contributed by atoms with E-state index in [2.05, 4.69) is 41.0 Å². The predicted molar refractivity (Wildman–Crippen MR) is 82.5 cm³/mol. The van der Waals surface area contributed by atoms with Gasteiger partial charge in [0.05, 0.1) is 6.10 Å². The number of piperidine rings is 1. The lowest BCUT2D eigenvalue weighted by molar-refractivity contribution is 0.0525. The van der Waals surface area contributed by atoms with Crippen molar-refractivity contribution >= 4 is 11.6 Å². The van der Waals surface area contributed by atoms with E-state index in [1.807, 2.05) is 6.92 Å². The van der Waals surface area contributed by atoms with Gasteiger partial charge in [0.2, 0.25) is 0 Å². The Morgan fingerprint density at radius 3 is 2.80 bits per heavy atom. The first-order valence-electron chi connectivity index (χ1n) is 7.61. The van der Waals surface area contributed by atoms with Gasteiger partial charge >= 0.3 is 0 Å². The molecule has 2 heterocycles. The summed E-state index contributed by atoms with van der Waals surface area (Å²) < 4.78 is 5.78. The van der Waals surface area contributed by atoms with Crippen molar-refractivity contribution in [2.24, 2.45) is 0 Å². The van der Waals surface area contributed by atoms with Gasteiger partial charge in [0, 0.05) is 31.8 Å². The highest BCUT2D eigenvalue weighted by Gasteiger charge is 2.23. The van der Waals surface area contributed by atoms with E-state index in [0.717, 1.165) is 62.1 Å². The Morgan fingerprint density at radius 2 is 2.10 bits per heavy atom. The third-order valence-electron chi connectivity index (χ3n) is 3.66. The van der Waals surface area contributed by atoms with Gasteiger partial charge in [-0.15, -0.1) is 0 Å². The highest BCUT2D eigenvalue weighted by atomic mass is 16.5. The second-order valence-corrected chi connectivity index (χ2v) is 5.26. The Morgan fingerprint density at radius 1 is 1.30 bits per heavy atom. The van der Waals surface area contributed by atoms with Crippen LogP contribution in [-0.2, 0) is 4.74 Å². The Bertz CT molecular complexity index is 448. The van der Waals surface area contributed by atoms with E-state index in [1.165, 1.54) is 0 Å². The second-order valence-electron chi connectivity index (χ2n) is 5.26. The van der Waals surface area contributed by atoms with Crippen molar-refractivity contribution in [1.29, 1.82) is 0 Å². The Balaban J connectivity index is 2.22. The topological polar surface area (TPSA) is 50.3 Å². The summed E-state index contributed by atoms with van der Waals surface area (Å²) in [7, 11) is 0. The van der Waals surface area contributed by atoms with Gasteiger partial charge in [0.1, 0.15) is 17.5 Å². The fraction of sp³-hybridized carbons (Fsp3) is 0.733. The van der Waals surface area contributed by atoms with Gasteiger partial charge < -0.3 is 15.0 Å². The molecule has 1 unspecified atom stereocenters. The summed E-state index contributed by atoms with van der Waals surface area (Å²) in [6.45, 7) is 11.8. The van der Waals surface area contributed by atoms with E-state index in [9.17, 15) is 0 Å². The van der Waals surface area contributed by atoms with Crippen molar-refractivity contribution in [2.45, 2.75) is 46.6 Å². The number of ether oxygens (including phenoxy) is 1. The normalized spacial score (nSPS) is 19.2. The van der Waals surface area contributed by atoms with Crippen molar-refractivity contribution in [3.63, 3.8) is 0 Å². The molecule has 5 nitrogen and oxygen atoms in total. The van der Waals surface area contributed by atoms with Crippen molar-refractivity contribution in [2.75, 3.05) is 36.5 Å². The zero-order valence-electron chi connectivity index (χ0n) is 13.1. The zero-order chi connectivity index (χ0) is 14.5. The number of rotatable bonds is 5. The molecular formula is C15H26N4O. The number of hydrogen-bond acceptors (Lipinski definition) is 5. The van der Waals surface area contributed by atoms with Crippen LogP contribution in [0.4, 0.5) is 11.6 Å². The third kappa shape index (κ3) is 3.39. The summed E-state index contributed by atoms with van der Waals surface area (Å²) >= 11 is 0. The second kappa shape index (κ2) is 6.88. The maximum Gasteiger partial charge on any atom is 0.137 e. The van der Waals surface area contributed by atoms with Gasteiger partial charge in [0.25, 0.3) is 0 Å². The van der Waals surface area contributed by atoms with Gasteiger partial charge in [-0.05, 0) is 40.5 Å². The molecule has 1 atom stereocenters. The van der Waals surface area contributed by atoms with E-state index in [0.29, 0.717) is 6.10 Å². The van der Waals surface area contributed by atoms with Crippen LogP contribution in [0.25, 0.3) is 0 Å². The molecule has 0 radical (unpaired) electrons. The fourth-order valence-corrected chi connectivity index (χ4v) is 2.76. The Hall–Kier alpha value is -1.36. The van der Waals surface area contributed by atoms with Crippen LogP contribution in [0.15, 0.2) is 0 Å². The minimum Gasteiger partial charge on any atom is -0.377 e. The average molecular weight is 278 g/mol. The number of nitrogens with one attached hydrogen (secondary N) is 1. The van der Waals surface area contributed by atoms with E-state index in [-0.39, 0.29) is 0 Å². The molecular weight excluding hydrogens is 252 g/mol. The minimum atomic E-state index is 0.325. The van der Waals surface area contributed by atoms with E-state index in [4.69, 9.17) is 4.74 Å². The molecule has 20 heavy (non-hydrogen) atoms. The number of anilines is 2. The SMILES string of the molecule is CCNc1nc(C)nc(N2CCCC(OCC)C2)c1C. The van der Waals surface area contributed by atoms with E-state index >= 15 is 0 Å². The zero-order valence-corrected chi connectivity index (χ0v) is 13.1. The molecule has 0 bridgehead atoms. The molecule has 0 aliphatic carbocycles. The van der Waals surface area contributed by atoms with E-state index < -0.39 is 0 Å². The molecule has 112 valence electrons. The molecule has 5 heteroatoms. The molecule has 1 aliphatic heterocycles. The highest BCUT2D eigenvalue weighted by molar-refractivity contribution is 5.58. The molecule has 0 saturated carbocycles. The number of aryl methyl sites for hydroxylation is 1. The maximum absolute atomic E-state index is 5.78. The van der Waals surface area contributed by atoms with Crippen LogP contribution in [0.5, 0.6) is 0 Å². The lowest BCUT2D eigenvalue weighted by Gasteiger charge is -2.34. The summed E-state index contributed by atoms with van der Waals surface area (Å²) in [5.41, 5.74) is 1.13. The summed E-state index contributed by atoms with van der Waals surface area (Å²) in [5, 5.41) is 3.32. The summed E-state index contributed by atoms with van der Waals surface area (Å²) in [6.07, 6.45) is 2.63. The largest absolute Gasteiger partial charge is 0.377 e. The van der Waals surface area contributed by atoms with Gasteiger partial charge in [-0.1, -0.05) is 0 Å². The lowest BCUT2D eigenvalue weighted by atomic mass is 10.1. The van der Waals surface area contributed by atoms with E-state index in [1.54, 1.807) is 0 Å². The molecule has 1 fully saturated rings. The smallest absolute Gasteiger partial charge is 0.137 e. The first-order chi connectivity index (χ1) is 9.65. The lowest BCUT2D eigenvalue weighted by Crippen LogP contribution is -2.40. The Labute approximate surface area is 121 Å². The van der Waals surface area contributed by atoms with Gasteiger partial charge in [-0.2, -0.15) is 0 Å². The highest BCUT2D eigenvalue weighted by Crippen LogP contribution is 2.26. The molecule has 0 amide bonds. The van der Waals surface area contributed by atoms with Crippen LogP contribution in [0.1, 0.15) is 38.1 Å². The summed E-state index contributed by atoms with van der Waals surface area (Å²) in [5.74, 6) is 2.83. The molecule has 1 saturated heterocycles. The molecule has 0 aromatic carbocycles. The van der Waals surface area contributed by atoms with Crippen molar-refractivity contribution in [3.8, 4) is 0 Å². The molecule has 0 spiro atoms. The van der Waals surface area contributed by atoms with Gasteiger partial charge in [0.15, 0.2) is 0 Å². The number of aromatic nitrogens is 2. The standard InChI is InChI=1S/C15H26N4O/c1-5-16-14-11(3)15(18-12(4)17-14)19-9-7-8-13(10-19)20-6-2/h13H,5-10H2,1-4H3,(H,16,17,18). The van der Waals surface area contributed by atoms with Crippen LogP contribution >= 0.6 is 0 Å². The van der Waals surface area contributed by atoms with Crippen molar-refractivity contribution in [1.82, 2.24) is 9.97 Å². The Kier molecular flexibility index (Phi) is 5.17. The number of nitrogens with zero attached hydrogens (tertiary/aromatic N) is 3. The van der Waals surface area contributed by atoms with Crippen LogP contribution in [0.2, 0.25) is 0 Å². The number of hydrogen-bond donors (Lipinski definition) is 1. The molecule has 2 rings (SSSR count). The van der Waals surface area contributed by atoms with Gasteiger partial charge in [-0.3, -0.25) is 0 Å². The third-order valence-corrected chi connectivity index (χ3v) is 3.66. The average Bonchev–Trinajstić information content (AvgIpc) is 2.43. The monoisotopic (exact) mass is 278 g/mol. The van der Waals surface area contributed by atoms with Crippen LogP contribution in [0, 0.1) is 13.8 Å². The first kappa shape index (κ1) is 15.0. The van der Waals surface area contributed by atoms with Crippen LogP contribution in [0.3, 0.4) is 0 Å². The molecule has 1 aromatic rings. The van der Waals surface area contributed by atoms with Gasteiger partial charge in [-0.25, -0.2) is 9.97 Å². The van der Waals surface area contributed by atoms with Crippen LogP contribution in [-0.4, -0.2) is 42.3 Å². The minimum absolute atomic E-state index is 0.325. The summed E-state index contributed by atoms with van der Waals surface area (Å²) in [4.78, 5) is 11.5. The molecule has 1 N–H and O–H groups in total. The predicted octanol–water partition coefficient (Wildman–Crippen LogP) is 2.53. The fourth-order valence-electron chi connectivity index (χ4n) is 2.76. The van der Waals surface area contributed by atoms with Crippen molar-refractivity contribution < 1.29 is 4.74 Å². The molecule has 1 aliphatic rings. The molecule has 1 aromatic heterocycles. The maximum atomic E-state index is 5.78. The quantitative estimate of drug-likeness (QED) is 0.897. The van der Waals surface area contributed by atoms with Crippen LogP contribution < -0.4 is 10.2 Å².